The topological polar surface area (TPSA) is 45.7 Å². The Balaban J connectivity index is 0.00000529. The molecule has 1 rings (SSSR count). The molecule has 138 valence electrons. The Hall–Kier alpha value is -0.840. The number of nitrogens with one attached hydrogen (secondary N) is 2. The quantitative estimate of drug-likeness (QED) is 0.260. The summed E-state index contributed by atoms with van der Waals surface area (Å²) in [4.78, 5) is 4.11. The predicted octanol–water partition coefficient (Wildman–Crippen LogP) is 3.66. The summed E-state index contributed by atoms with van der Waals surface area (Å²) >= 11 is 1.80. The van der Waals surface area contributed by atoms with Gasteiger partial charge in [0.2, 0.25) is 0 Å². The average Bonchev–Trinajstić information content (AvgIpc) is 2.52. The number of thioether (sulfide) groups is 1. The van der Waals surface area contributed by atoms with E-state index < -0.39 is 12.8 Å². The van der Waals surface area contributed by atoms with E-state index in [0.717, 1.165) is 24.3 Å². The van der Waals surface area contributed by atoms with Gasteiger partial charge in [0.1, 0.15) is 5.75 Å². The third kappa shape index (κ3) is 10.8. The van der Waals surface area contributed by atoms with Gasteiger partial charge < -0.3 is 15.4 Å². The lowest BCUT2D eigenvalue weighted by atomic mass is 10.2. The van der Waals surface area contributed by atoms with Crippen molar-refractivity contribution in [1.82, 2.24) is 10.6 Å². The van der Waals surface area contributed by atoms with E-state index in [-0.39, 0.29) is 29.7 Å². The van der Waals surface area contributed by atoms with Gasteiger partial charge in [-0.1, -0.05) is 12.1 Å². The first-order valence-electron chi connectivity index (χ1n) is 7.16. The van der Waals surface area contributed by atoms with Crippen molar-refractivity contribution in [3.63, 3.8) is 0 Å². The highest BCUT2D eigenvalue weighted by atomic mass is 127. The Morgan fingerprint density at radius 1 is 1.21 bits per heavy atom. The van der Waals surface area contributed by atoms with Crippen LogP contribution in [0.5, 0.6) is 5.75 Å². The van der Waals surface area contributed by atoms with Crippen LogP contribution in [0.1, 0.15) is 12.0 Å². The van der Waals surface area contributed by atoms with Crippen molar-refractivity contribution in [1.29, 1.82) is 0 Å². The van der Waals surface area contributed by atoms with Crippen molar-refractivity contribution in [3.05, 3.63) is 29.8 Å². The van der Waals surface area contributed by atoms with Gasteiger partial charge in [-0.05, 0) is 36.1 Å². The van der Waals surface area contributed by atoms with Crippen molar-refractivity contribution < 1.29 is 17.9 Å². The minimum Gasteiger partial charge on any atom is -0.484 e. The molecule has 0 amide bonds. The van der Waals surface area contributed by atoms with Gasteiger partial charge in [-0.15, -0.1) is 24.0 Å². The van der Waals surface area contributed by atoms with Gasteiger partial charge in [0.05, 0.1) is 0 Å². The van der Waals surface area contributed by atoms with Crippen LogP contribution in [-0.2, 0) is 6.54 Å². The molecule has 1 aromatic carbocycles. The summed E-state index contributed by atoms with van der Waals surface area (Å²) in [6.45, 7) is 0.0870. The summed E-state index contributed by atoms with van der Waals surface area (Å²) in [6, 6.07) is 6.49. The Kier molecular flexibility index (Phi) is 12.1. The normalized spacial score (nSPS) is 11.6. The number of benzene rings is 1. The van der Waals surface area contributed by atoms with Crippen molar-refractivity contribution in [2.75, 3.05) is 32.2 Å². The lowest BCUT2D eigenvalue weighted by molar-refractivity contribution is -0.153. The van der Waals surface area contributed by atoms with E-state index in [2.05, 4.69) is 26.6 Å². The van der Waals surface area contributed by atoms with Crippen LogP contribution in [0.3, 0.4) is 0 Å². The summed E-state index contributed by atoms with van der Waals surface area (Å²) in [6.07, 6.45) is -1.21. The van der Waals surface area contributed by atoms with E-state index in [1.54, 1.807) is 30.9 Å². The first-order valence-corrected chi connectivity index (χ1v) is 8.56. The number of hydrogen-bond donors (Lipinski definition) is 2. The molecule has 24 heavy (non-hydrogen) atoms. The Morgan fingerprint density at radius 2 is 1.88 bits per heavy atom. The highest BCUT2D eigenvalue weighted by Crippen LogP contribution is 2.18. The summed E-state index contributed by atoms with van der Waals surface area (Å²) in [5, 5.41) is 6.35. The van der Waals surface area contributed by atoms with Crippen LogP contribution in [0.2, 0.25) is 0 Å². The van der Waals surface area contributed by atoms with Gasteiger partial charge in [0, 0.05) is 20.1 Å². The average molecular weight is 477 g/mol. The number of rotatable bonds is 8. The van der Waals surface area contributed by atoms with E-state index in [0.29, 0.717) is 12.5 Å². The van der Waals surface area contributed by atoms with Gasteiger partial charge in [0.15, 0.2) is 12.6 Å². The lowest BCUT2D eigenvalue weighted by Crippen LogP contribution is -2.37. The zero-order valence-corrected chi connectivity index (χ0v) is 16.8. The van der Waals surface area contributed by atoms with Crippen molar-refractivity contribution in [2.45, 2.75) is 19.1 Å². The molecular formula is C15H23F3IN3OS. The number of hydrogen-bond acceptors (Lipinski definition) is 3. The fraction of sp³-hybridized carbons (Fsp3) is 0.533. The van der Waals surface area contributed by atoms with E-state index in [9.17, 15) is 13.2 Å². The molecule has 0 aromatic heterocycles. The minimum absolute atomic E-state index is 0. The second-order valence-electron chi connectivity index (χ2n) is 4.75. The molecule has 0 unspecified atom stereocenters. The van der Waals surface area contributed by atoms with Crippen LogP contribution in [0.15, 0.2) is 29.3 Å². The fourth-order valence-electron chi connectivity index (χ4n) is 1.70. The van der Waals surface area contributed by atoms with Crippen LogP contribution >= 0.6 is 35.7 Å². The number of alkyl halides is 3. The largest absolute Gasteiger partial charge is 0.484 e. The smallest absolute Gasteiger partial charge is 0.422 e. The predicted molar refractivity (Wildman–Crippen MR) is 105 cm³/mol. The molecule has 1 aromatic rings. The summed E-state index contributed by atoms with van der Waals surface area (Å²) < 4.78 is 40.9. The van der Waals surface area contributed by atoms with E-state index in [1.807, 2.05) is 0 Å². The zero-order valence-electron chi connectivity index (χ0n) is 13.7. The Bertz CT molecular complexity index is 484. The number of guanidine groups is 1. The third-order valence-corrected chi connectivity index (χ3v) is 3.52. The molecule has 0 fully saturated rings. The monoisotopic (exact) mass is 477 g/mol. The SMILES string of the molecule is CN=C(NCCCSC)NCc1ccc(OCC(F)(F)F)cc1.I. The van der Waals surface area contributed by atoms with Gasteiger partial charge in [-0.25, -0.2) is 0 Å². The maximum atomic E-state index is 12.1. The number of ether oxygens (including phenoxy) is 1. The molecule has 0 aliphatic rings. The van der Waals surface area contributed by atoms with Crippen LogP contribution in [-0.4, -0.2) is 44.3 Å². The van der Waals surface area contributed by atoms with E-state index in [4.69, 9.17) is 0 Å². The highest BCUT2D eigenvalue weighted by Gasteiger charge is 2.28. The van der Waals surface area contributed by atoms with Crippen molar-refractivity contribution in [3.8, 4) is 5.75 Å². The third-order valence-electron chi connectivity index (χ3n) is 2.83. The van der Waals surface area contributed by atoms with Crippen LogP contribution in [0, 0.1) is 0 Å². The molecule has 0 aliphatic heterocycles. The highest BCUT2D eigenvalue weighted by molar-refractivity contribution is 14.0. The molecule has 0 saturated carbocycles. The Morgan fingerprint density at radius 3 is 2.42 bits per heavy atom. The number of halogens is 4. The maximum absolute atomic E-state index is 12.1. The summed E-state index contributed by atoms with van der Waals surface area (Å²) in [5.41, 5.74) is 0.927. The van der Waals surface area contributed by atoms with E-state index >= 15 is 0 Å². The number of nitrogens with zero attached hydrogens (tertiary/aromatic N) is 1. The zero-order chi connectivity index (χ0) is 17.1. The summed E-state index contributed by atoms with van der Waals surface area (Å²) in [7, 11) is 1.69. The fourth-order valence-corrected chi connectivity index (χ4v) is 2.13. The molecule has 0 atom stereocenters. The van der Waals surface area contributed by atoms with Crippen LogP contribution in [0.4, 0.5) is 13.2 Å². The Labute approximate surface area is 162 Å². The number of aliphatic imine (C=N–C) groups is 1. The molecule has 4 nitrogen and oxygen atoms in total. The van der Waals surface area contributed by atoms with E-state index in [1.165, 1.54) is 12.1 Å². The molecule has 0 heterocycles. The molecule has 9 heteroatoms. The minimum atomic E-state index is -4.32. The molecule has 0 spiro atoms. The van der Waals surface area contributed by atoms with Gasteiger partial charge in [-0.3, -0.25) is 4.99 Å². The van der Waals surface area contributed by atoms with Gasteiger partial charge >= 0.3 is 6.18 Å². The summed E-state index contributed by atoms with van der Waals surface area (Å²) in [5.74, 6) is 1.98. The maximum Gasteiger partial charge on any atom is 0.422 e. The van der Waals surface area contributed by atoms with Crippen molar-refractivity contribution >= 4 is 41.7 Å². The molecule has 0 bridgehead atoms. The first kappa shape index (κ1) is 23.2. The first-order chi connectivity index (χ1) is 10.9. The second-order valence-corrected chi connectivity index (χ2v) is 5.73. The van der Waals surface area contributed by atoms with Crippen LogP contribution in [0.25, 0.3) is 0 Å². The molecule has 0 saturated heterocycles. The van der Waals surface area contributed by atoms with Crippen molar-refractivity contribution in [2.24, 2.45) is 4.99 Å². The van der Waals surface area contributed by atoms with Crippen LogP contribution < -0.4 is 15.4 Å². The molecular weight excluding hydrogens is 454 g/mol. The second kappa shape index (κ2) is 12.5. The lowest BCUT2D eigenvalue weighted by Gasteiger charge is -2.12. The standard InChI is InChI=1S/C15H22F3N3OS.HI/c1-19-14(20-8-3-9-23-2)21-10-12-4-6-13(7-5-12)22-11-15(16,17)18;/h4-7H,3,8-11H2,1-2H3,(H2,19,20,21);1H. The molecule has 0 aliphatic carbocycles. The molecule has 2 N–H and O–H groups in total. The van der Waals surface area contributed by atoms with Gasteiger partial charge in [0.25, 0.3) is 0 Å². The van der Waals surface area contributed by atoms with Gasteiger partial charge in [-0.2, -0.15) is 24.9 Å². The molecule has 0 radical (unpaired) electrons.